The summed E-state index contributed by atoms with van der Waals surface area (Å²) in [5.74, 6) is -2.57. The Morgan fingerprint density at radius 2 is 1.75 bits per heavy atom. The molecule has 0 aromatic heterocycles. The molecule has 0 radical (unpaired) electrons. The molecule has 0 aliphatic heterocycles. The first kappa shape index (κ1) is 11.1. The summed E-state index contributed by atoms with van der Waals surface area (Å²) in [5, 5.41) is 0. The van der Waals surface area contributed by atoms with Gasteiger partial charge in [0.25, 0.3) is 0 Å². The molecule has 0 saturated heterocycles. The van der Waals surface area contributed by atoms with Crippen LogP contribution in [-0.4, -0.2) is 17.8 Å². The Bertz CT molecular complexity index is 177. The molecule has 0 saturated carbocycles. The minimum atomic E-state index is -5.45. The summed E-state index contributed by atoms with van der Waals surface area (Å²) in [4.78, 5) is 12.2. The van der Waals surface area contributed by atoms with Crippen molar-refractivity contribution in [2.24, 2.45) is 0 Å². The largest absolute Gasteiger partial charge is 0.433 e. The van der Waals surface area contributed by atoms with Crippen LogP contribution in [-0.2, 0) is 9.74 Å². The Hall–Kier alpha value is -0.880. The highest BCUT2D eigenvalue weighted by atomic mass is 19.4. The quantitative estimate of drug-likeness (QED) is 0.626. The van der Waals surface area contributed by atoms with Crippen molar-refractivity contribution in [2.45, 2.75) is 25.2 Å². The number of carbonyl (C=O) groups is 1. The predicted octanol–water partition coefficient (Wildman–Crippen LogP) is 2.09. The summed E-state index contributed by atoms with van der Waals surface area (Å²) in [6.07, 6.45) is -6.68. The molecule has 1 unspecified atom stereocenters. The molecule has 0 spiro atoms. The van der Waals surface area contributed by atoms with E-state index in [0.717, 1.165) is 6.92 Å². The van der Waals surface area contributed by atoms with E-state index in [-0.39, 0.29) is 0 Å². The van der Waals surface area contributed by atoms with Crippen LogP contribution in [0.3, 0.4) is 0 Å². The molecule has 0 fully saturated rings. The van der Waals surface area contributed by atoms with E-state index in [4.69, 9.17) is 0 Å². The Balaban J connectivity index is 4.80. The summed E-state index contributed by atoms with van der Waals surface area (Å²) in [7, 11) is 0. The molecule has 0 aromatic carbocycles. The Morgan fingerprint density at radius 1 is 1.33 bits per heavy atom. The molecule has 12 heavy (non-hydrogen) atoms. The van der Waals surface area contributed by atoms with Gasteiger partial charge in [0, 0.05) is 4.53 Å². The number of carbonyl (C=O) groups excluding carboxylic acids is 1. The lowest BCUT2D eigenvalue weighted by Crippen LogP contribution is -2.47. The third kappa shape index (κ3) is 1.64. The first-order valence-electron chi connectivity index (χ1n) is 2.88. The second kappa shape index (κ2) is 3.24. The number of rotatable bonds is 2. The van der Waals surface area contributed by atoms with Gasteiger partial charge in [-0.1, -0.05) is 6.92 Å². The molecule has 0 amide bonds. The zero-order valence-corrected chi connectivity index (χ0v) is 5.91. The second-order valence-electron chi connectivity index (χ2n) is 2.02. The summed E-state index contributed by atoms with van der Waals surface area (Å²) < 4.78 is 58.7. The van der Waals surface area contributed by atoms with E-state index in [2.05, 4.69) is 4.94 Å². The van der Waals surface area contributed by atoms with E-state index in [1.807, 2.05) is 0 Å². The monoisotopic (exact) mass is 192 g/mol. The molecule has 7 heteroatoms. The second-order valence-corrected chi connectivity index (χ2v) is 2.02. The van der Waals surface area contributed by atoms with Crippen LogP contribution in [0.4, 0.5) is 22.1 Å². The van der Waals surface area contributed by atoms with Gasteiger partial charge in [0.15, 0.2) is 0 Å². The van der Waals surface area contributed by atoms with Crippen LogP contribution >= 0.6 is 0 Å². The molecule has 0 aliphatic rings. The lowest BCUT2D eigenvalue weighted by Gasteiger charge is -2.21. The van der Waals surface area contributed by atoms with E-state index in [1.54, 1.807) is 0 Å². The van der Waals surface area contributed by atoms with Crippen molar-refractivity contribution in [2.75, 3.05) is 0 Å². The maximum absolute atomic E-state index is 12.6. The van der Waals surface area contributed by atoms with Crippen molar-refractivity contribution in [1.29, 1.82) is 0 Å². The lowest BCUT2D eigenvalue weighted by molar-refractivity contribution is -0.258. The number of alkyl halides is 4. The normalized spacial score (nSPS) is 16.8. The Kier molecular flexibility index (Phi) is 3.00. The average Bonchev–Trinajstić information content (AvgIpc) is 1.99. The fourth-order valence-electron chi connectivity index (χ4n) is 0.522. The van der Waals surface area contributed by atoms with Crippen molar-refractivity contribution in [1.82, 2.24) is 0 Å². The predicted molar refractivity (Wildman–Crippen MR) is 27.4 cm³/mol. The molecule has 2 nitrogen and oxygen atoms in total. The summed E-state index contributed by atoms with van der Waals surface area (Å²) >= 11 is 0. The van der Waals surface area contributed by atoms with Gasteiger partial charge in [0.2, 0.25) is 0 Å². The maximum atomic E-state index is 12.6. The Morgan fingerprint density at radius 3 is 1.83 bits per heavy atom. The standard InChI is InChI=1S/C5H5F5O2/c1-2-4(6,3(11)12-10)5(7,8)9/h2H2,1H3. The highest BCUT2D eigenvalue weighted by molar-refractivity contribution is 5.79. The zero-order valence-electron chi connectivity index (χ0n) is 5.91. The summed E-state index contributed by atoms with van der Waals surface area (Å²) in [6.45, 7) is 0.754. The van der Waals surface area contributed by atoms with Crippen LogP contribution < -0.4 is 0 Å². The van der Waals surface area contributed by atoms with Crippen molar-refractivity contribution >= 4 is 5.97 Å². The van der Waals surface area contributed by atoms with Crippen LogP contribution in [0.15, 0.2) is 0 Å². The molecular formula is C5H5F5O2. The highest BCUT2D eigenvalue weighted by Crippen LogP contribution is 2.37. The van der Waals surface area contributed by atoms with Crippen molar-refractivity contribution in [3.63, 3.8) is 0 Å². The molecule has 72 valence electrons. The molecule has 0 N–H and O–H groups in total. The van der Waals surface area contributed by atoms with Crippen LogP contribution in [0.2, 0.25) is 0 Å². The first-order chi connectivity index (χ1) is 5.29. The molecule has 1 atom stereocenters. The molecule has 0 aliphatic carbocycles. The van der Waals surface area contributed by atoms with Gasteiger partial charge >= 0.3 is 17.8 Å². The SMILES string of the molecule is CCC(F)(C(=O)OF)C(F)(F)F. The van der Waals surface area contributed by atoms with Crippen molar-refractivity contribution in [3.8, 4) is 0 Å². The maximum Gasteiger partial charge on any atom is 0.433 e. The Labute approximate surface area is 64.2 Å². The van der Waals surface area contributed by atoms with Gasteiger partial charge in [-0.25, -0.2) is 9.18 Å². The third-order valence-corrected chi connectivity index (χ3v) is 1.33. The lowest BCUT2D eigenvalue weighted by atomic mass is 10.0. The molecule has 0 aromatic rings. The third-order valence-electron chi connectivity index (χ3n) is 1.33. The first-order valence-corrected chi connectivity index (χ1v) is 2.88. The molecule has 0 heterocycles. The van der Waals surface area contributed by atoms with Gasteiger partial charge in [0.1, 0.15) is 0 Å². The van der Waals surface area contributed by atoms with E-state index in [1.165, 1.54) is 0 Å². The van der Waals surface area contributed by atoms with Crippen LogP contribution in [0.1, 0.15) is 13.3 Å². The average molecular weight is 192 g/mol. The fraction of sp³-hybridized carbons (Fsp3) is 0.800. The molecule has 0 bridgehead atoms. The van der Waals surface area contributed by atoms with E-state index in [0.29, 0.717) is 0 Å². The topological polar surface area (TPSA) is 26.3 Å². The van der Waals surface area contributed by atoms with E-state index in [9.17, 15) is 26.9 Å². The van der Waals surface area contributed by atoms with Gasteiger partial charge in [0.05, 0.1) is 0 Å². The fourth-order valence-corrected chi connectivity index (χ4v) is 0.522. The minimum absolute atomic E-state index is 0.754. The van der Waals surface area contributed by atoms with Crippen molar-refractivity contribution < 1.29 is 31.8 Å². The van der Waals surface area contributed by atoms with Crippen LogP contribution in [0, 0.1) is 0 Å². The van der Waals surface area contributed by atoms with E-state index >= 15 is 0 Å². The van der Waals surface area contributed by atoms with Crippen LogP contribution in [0.25, 0.3) is 0 Å². The molecule has 0 rings (SSSR count). The summed E-state index contributed by atoms with van der Waals surface area (Å²) in [5.41, 5.74) is -4.25. The zero-order chi connectivity index (χ0) is 9.99. The van der Waals surface area contributed by atoms with Gasteiger partial charge < -0.3 is 0 Å². The number of hydrogen-bond donors (Lipinski definition) is 0. The van der Waals surface area contributed by atoms with E-state index < -0.39 is 24.2 Å². The smallest absolute Gasteiger partial charge is 0.251 e. The molecular weight excluding hydrogens is 187 g/mol. The minimum Gasteiger partial charge on any atom is -0.251 e. The van der Waals surface area contributed by atoms with Gasteiger partial charge in [-0.3, -0.25) is 4.94 Å². The highest BCUT2D eigenvalue weighted by Gasteiger charge is 2.62. The van der Waals surface area contributed by atoms with Gasteiger partial charge in [-0.15, -0.1) is 0 Å². The van der Waals surface area contributed by atoms with Gasteiger partial charge in [-0.05, 0) is 6.42 Å². The van der Waals surface area contributed by atoms with Gasteiger partial charge in [-0.2, -0.15) is 13.2 Å². The summed E-state index contributed by atoms with van der Waals surface area (Å²) in [6, 6.07) is 0. The number of halogens is 5. The van der Waals surface area contributed by atoms with Crippen LogP contribution in [0.5, 0.6) is 0 Å². The van der Waals surface area contributed by atoms with Crippen molar-refractivity contribution in [3.05, 3.63) is 0 Å². The number of hydrogen-bond acceptors (Lipinski definition) is 2.